The number of aliphatic hydroxyl groups is 1. The molecule has 1 aromatic heterocycles. The molecule has 0 aliphatic heterocycles. The van der Waals surface area contributed by atoms with E-state index < -0.39 is 0 Å². The van der Waals surface area contributed by atoms with Crippen molar-refractivity contribution in [3.8, 4) is 0 Å². The number of aliphatic hydroxyl groups excluding tert-OH is 1. The van der Waals surface area contributed by atoms with Crippen LogP contribution in [-0.4, -0.2) is 34.8 Å². The van der Waals surface area contributed by atoms with Crippen molar-refractivity contribution < 1.29 is 5.11 Å². The molecule has 94 valence electrons. The Morgan fingerprint density at radius 3 is 3.06 bits per heavy atom. The molecule has 2 atom stereocenters. The van der Waals surface area contributed by atoms with Gasteiger partial charge < -0.3 is 10.0 Å². The molecule has 0 radical (unpaired) electrons. The van der Waals surface area contributed by atoms with Gasteiger partial charge in [-0.1, -0.05) is 6.42 Å². The van der Waals surface area contributed by atoms with E-state index in [1.165, 1.54) is 0 Å². The van der Waals surface area contributed by atoms with Crippen molar-refractivity contribution in [2.45, 2.75) is 25.3 Å². The maximum absolute atomic E-state index is 9.37. The minimum absolute atomic E-state index is 0.240. The summed E-state index contributed by atoms with van der Waals surface area (Å²) in [5.74, 6) is 1.19. The quantitative estimate of drug-likeness (QED) is 0.658. The molecule has 1 heterocycles. The first kappa shape index (κ1) is 13.3. The summed E-state index contributed by atoms with van der Waals surface area (Å²) in [6, 6.07) is 0.347. The molecule has 0 amide bonds. The lowest BCUT2D eigenvalue weighted by Crippen LogP contribution is -2.37. The Kier molecular flexibility index (Phi) is 4.43. The number of nitrogens with zero attached hydrogens (tertiary/aromatic N) is 3. The highest BCUT2D eigenvalue weighted by Gasteiger charge is 2.31. The summed E-state index contributed by atoms with van der Waals surface area (Å²) < 4.78 is 0.984. The van der Waals surface area contributed by atoms with Crippen molar-refractivity contribution in [1.29, 1.82) is 0 Å². The Balaban J connectivity index is 2.24. The molecule has 0 aromatic carbocycles. The van der Waals surface area contributed by atoms with E-state index in [9.17, 15) is 5.11 Å². The monoisotopic (exact) mass is 367 g/mol. The van der Waals surface area contributed by atoms with Gasteiger partial charge in [0.25, 0.3) is 0 Å². The van der Waals surface area contributed by atoms with Crippen molar-refractivity contribution in [2.24, 2.45) is 5.92 Å². The molecule has 1 saturated carbocycles. The average molecular weight is 368 g/mol. The predicted octanol–water partition coefficient (Wildman–Crippen LogP) is 2.33. The Morgan fingerprint density at radius 2 is 2.35 bits per heavy atom. The molecule has 2 unspecified atom stereocenters. The predicted molar refractivity (Wildman–Crippen MR) is 76.4 cm³/mol. The fourth-order valence-electron chi connectivity index (χ4n) is 2.48. The molecule has 4 nitrogen and oxygen atoms in total. The summed E-state index contributed by atoms with van der Waals surface area (Å²) in [7, 11) is 2.01. The summed E-state index contributed by atoms with van der Waals surface area (Å²) in [4.78, 5) is 10.4. The second-order valence-corrected chi connectivity index (χ2v) is 5.86. The topological polar surface area (TPSA) is 49.2 Å². The van der Waals surface area contributed by atoms with E-state index in [4.69, 9.17) is 11.6 Å². The van der Waals surface area contributed by atoms with Crippen LogP contribution in [0, 0.1) is 9.49 Å². The molecule has 1 fully saturated rings. The van der Waals surface area contributed by atoms with Crippen molar-refractivity contribution in [3.05, 3.63) is 15.1 Å². The molecule has 0 spiro atoms. The summed E-state index contributed by atoms with van der Waals surface area (Å²) in [5, 5.41) is 9.64. The van der Waals surface area contributed by atoms with E-state index >= 15 is 0 Å². The third-order valence-electron chi connectivity index (χ3n) is 3.38. The number of hydrogen-bond acceptors (Lipinski definition) is 4. The van der Waals surface area contributed by atoms with Gasteiger partial charge in [0.05, 0.1) is 3.57 Å². The molecular weight excluding hydrogens is 352 g/mol. The maximum Gasteiger partial charge on any atom is 0.224 e. The van der Waals surface area contributed by atoms with E-state index in [2.05, 4.69) is 37.5 Å². The van der Waals surface area contributed by atoms with Crippen LogP contribution in [0.15, 0.2) is 6.20 Å². The normalized spacial score (nSPS) is 24.0. The van der Waals surface area contributed by atoms with Crippen LogP contribution in [0.4, 0.5) is 5.82 Å². The van der Waals surface area contributed by atoms with Gasteiger partial charge in [0.2, 0.25) is 5.28 Å². The minimum atomic E-state index is 0.240. The van der Waals surface area contributed by atoms with Crippen LogP contribution in [0.1, 0.15) is 19.3 Å². The fourth-order valence-corrected chi connectivity index (χ4v) is 3.25. The van der Waals surface area contributed by atoms with Gasteiger partial charge in [0, 0.05) is 31.8 Å². The molecule has 17 heavy (non-hydrogen) atoms. The molecule has 1 aliphatic rings. The van der Waals surface area contributed by atoms with Crippen LogP contribution in [0.3, 0.4) is 0 Å². The Morgan fingerprint density at radius 1 is 1.59 bits per heavy atom. The van der Waals surface area contributed by atoms with Gasteiger partial charge in [-0.05, 0) is 47.0 Å². The molecule has 1 aliphatic carbocycles. The Bertz CT molecular complexity index is 404. The molecule has 0 saturated heterocycles. The van der Waals surface area contributed by atoms with E-state index in [0.29, 0.717) is 12.0 Å². The average Bonchev–Trinajstić information content (AvgIpc) is 2.79. The number of aromatic nitrogens is 2. The van der Waals surface area contributed by atoms with Crippen LogP contribution in [0.5, 0.6) is 0 Å². The minimum Gasteiger partial charge on any atom is -0.396 e. The van der Waals surface area contributed by atoms with Crippen molar-refractivity contribution in [1.82, 2.24) is 9.97 Å². The summed E-state index contributed by atoms with van der Waals surface area (Å²) >= 11 is 8.05. The van der Waals surface area contributed by atoms with Crippen molar-refractivity contribution in [3.63, 3.8) is 0 Å². The summed E-state index contributed by atoms with van der Waals surface area (Å²) in [6.45, 7) is 0.240. The fraction of sp³-hybridized carbons (Fsp3) is 0.636. The smallest absolute Gasteiger partial charge is 0.224 e. The van der Waals surface area contributed by atoms with Gasteiger partial charge in [-0.3, -0.25) is 0 Å². The second kappa shape index (κ2) is 5.67. The zero-order valence-corrected chi connectivity index (χ0v) is 12.5. The first-order valence-electron chi connectivity index (χ1n) is 5.65. The third kappa shape index (κ3) is 2.82. The largest absolute Gasteiger partial charge is 0.396 e. The van der Waals surface area contributed by atoms with E-state index in [1.54, 1.807) is 6.20 Å². The van der Waals surface area contributed by atoms with Gasteiger partial charge in [-0.25, -0.2) is 4.98 Å². The SMILES string of the molecule is CN(c1nc(Cl)ncc1I)C1CCCC1CO. The van der Waals surface area contributed by atoms with E-state index in [0.717, 1.165) is 28.7 Å². The van der Waals surface area contributed by atoms with Gasteiger partial charge >= 0.3 is 0 Å². The lowest BCUT2D eigenvalue weighted by atomic mass is 10.0. The zero-order chi connectivity index (χ0) is 12.4. The lowest BCUT2D eigenvalue weighted by molar-refractivity contribution is 0.216. The molecule has 1 N–H and O–H groups in total. The molecular formula is C11H15ClIN3O. The first-order valence-corrected chi connectivity index (χ1v) is 7.11. The number of hydrogen-bond donors (Lipinski definition) is 1. The Labute approximate surface area is 120 Å². The number of halogens is 2. The molecule has 0 bridgehead atoms. The van der Waals surface area contributed by atoms with Gasteiger partial charge in [0.1, 0.15) is 5.82 Å². The lowest BCUT2D eigenvalue weighted by Gasteiger charge is -2.30. The van der Waals surface area contributed by atoms with Crippen molar-refractivity contribution >= 4 is 40.0 Å². The van der Waals surface area contributed by atoms with Gasteiger partial charge in [-0.2, -0.15) is 4.98 Å². The highest BCUT2D eigenvalue weighted by atomic mass is 127. The number of rotatable bonds is 3. The van der Waals surface area contributed by atoms with E-state index in [1.807, 2.05) is 7.05 Å². The highest BCUT2D eigenvalue weighted by molar-refractivity contribution is 14.1. The highest BCUT2D eigenvalue weighted by Crippen LogP contribution is 2.32. The maximum atomic E-state index is 9.37. The van der Waals surface area contributed by atoms with Crippen LogP contribution < -0.4 is 4.90 Å². The standard InChI is InChI=1S/C11H15ClIN3O/c1-16(9-4-2-3-7(9)6-17)10-8(13)5-14-11(12)15-10/h5,7,9,17H,2-4,6H2,1H3. The molecule has 1 aromatic rings. The van der Waals surface area contributed by atoms with Crippen molar-refractivity contribution in [2.75, 3.05) is 18.6 Å². The molecule has 2 rings (SSSR count). The first-order chi connectivity index (χ1) is 8.13. The van der Waals surface area contributed by atoms with E-state index in [-0.39, 0.29) is 11.9 Å². The second-order valence-electron chi connectivity index (χ2n) is 4.36. The summed E-state index contributed by atoms with van der Waals surface area (Å²) in [5.41, 5.74) is 0. The molecule has 6 heteroatoms. The third-order valence-corrected chi connectivity index (χ3v) is 4.32. The zero-order valence-electron chi connectivity index (χ0n) is 9.61. The van der Waals surface area contributed by atoms with Crippen LogP contribution in [0.25, 0.3) is 0 Å². The Hall–Kier alpha value is -0.140. The number of anilines is 1. The van der Waals surface area contributed by atoms with Gasteiger partial charge in [0.15, 0.2) is 0 Å². The van der Waals surface area contributed by atoms with Gasteiger partial charge in [-0.15, -0.1) is 0 Å². The summed E-state index contributed by atoms with van der Waals surface area (Å²) in [6.07, 6.45) is 5.07. The van der Waals surface area contributed by atoms with Crippen LogP contribution in [0.2, 0.25) is 5.28 Å². The van der Waals surface area contributed by atoms with Crippen LogP contribution >= 0.6 is 34.2 Å². The van der Waals surface area contributed by atoms with Crippen LogP contribution in [-0.2, 0) is 0 Å².